The summed E-state index contributed by atoms with van der Waals surface area (Å²) in [5.74, 6) is 1.42. The number of piperazine rings is 1. The van der Waals surface area contributed by atoms with Gasteiger partial charge in [-0.15, -0.1) is 0 Å². The number of unbranched alkanes of at least 4 members (excludes halogenated alkanes) is 1. The first kappa shape index (κ1) is 23.6. The molecule has 1 unspecified atom stereocenters. The minimum Gasteiger partial charge on any atom is -0.494 e. The number of rotatable bonds is 9. The van der Waals surface area contributed by atoms with Gasteiger partial charge in [-0.3, -0.25) is 14.5 Å². The molecule has 1 aromatic carbocycles. The van der Waals surface area contributed by atoms with E-state index in [0.717, 1.165) is 38.2 Å². The SMILES string of the molecule is CCCCN1C(=O)C(CC(C)C)NC(=O)C12CCN(Cc1ccc(OCC)cc1)CC2. The predicted octanol–water partition coefficient (Wildman–Crippen LogP) is 3.59. The number of nitrogens with one attached hydrogen (secondary N) is 1. The maximum atomic E-state index is 13.3. The van der Waals surface area contributed by atoms with Crippen molar-refractivity contribution in [2.45, 2.75) is 77.9 Å². The molecule has 0 radical (unpaired) electrons. The van der Waals surface area contributed by atoms with E-state index in [9.17, 15) is 9.59 Å². The van der Waals surface area contributed by atoms with Crippen LogP contribution in [0.25, 0.3) is 0 Å². The number of piperidine rings is 1. The van der Waals surface area contributed by atoms with Crippen molar-refractivity contribution in [2.24, 2.45) is 5.92 Å². The van der Waals surface area contributed by atoms with Crippen LogP contribution in [0.5, 0.6) is 5.75 Å². The van der Waals surface area contributed by atoms with Crippen LogP contribution in [-0.2, 0) is 16.1 Å². The van der Waals surface area contributed by atoms with Crippen LogP contribution in [-0.4, -0.2) is 59.4 Å². The van der Waals surface area contributed by atoms with Gasteiger partial charge in [0.15, 0.2) is 0 Å². The van der Waals surface area contributed by atoms with E-state index in [1.54, 1.807) is 0 Å². The molecule has 1 atom stereocenters. The Morgan fingerprint density at radius 3 is 2.39 bits per heavy atom. The molecule has 2 heterocycles. The molecule has 31 heavy (non-hydrogen) atoms. The third-order valence-corrected chi connectivity index (χ3v) is 6.57. The molecule has 0 bridgehead atoms. The van der Waals surface area contributed by atoms with Gasteiger partial charge in [0, 0.05) is 26.2 Å². The summed E-state index contributed by atoms with van der Waals surface area (Å²) < 4.78 is 5.53. The molecule has 3 rings (SSSR count). The van der Waals surface area contributed by atoms with Crippen molar-refractivity contribution in [3.63, 3.8) is 0 Å². The van der Waals surface area contributed by atoms with E-state index in [4.69, 9.17) is 4.74 Å². The number of carbonyl (C=O) groups is 2. The van der Waals surface area contributed by atoms with E-state index < -0.39 is 5.54 Å². The standard InChI is InChI=1S/C25H39N3O3/c1-5-7-14-28-23(29)22(17-19(3)4)26-24(30)25(28)12-15-27(16-13-25)18-20-8-10-21(11-9-20)31-6-2/h8-11,19,22H,5-7,12-18H2,1-4H3,(H,26,30). The van der Waals surface area contributed by atoms with Gasteiger partial charge in [-0.1, -0.05) is 39.3 Å². The summed E-state index contributed by atoms with van der Waals surface area (Å²) >= 11 is 0. The largest absolute Gasteiger partial charge is 0.494 e. The number of benzene rings is 1. The Bertz CT molecular complexity index is 739. The van der Waals surface area contributed by atoms with Gasteiger partial charge < -0.3 is 15.0 Å². The molecule has 0 aliphatic carbocycles. The number of likely N-dealkylation sites (tertiary alicyclic amines) is 1. The number of ether oxygens (including phenoxy) is 1. The van der Waals surface area contributed by atoms with E-state index >= 15 is 0 Å². The Morgan fingerprint density at radius 2 is 1.81 bits per heavy atom. The van der Waals surface area contributed by atoms with Crippen LogP contribution in [0.2, 0.25) is 0 Å². The first-order chi connectivity index (χ1) is 14.9. The fourth-order valence-corrected chi connectivity index (χ4v) is 4.84. The Labute approximate surface area is 187 Å². The van der Waals surface area contributed by atoms with Gasteiger partial charge >= 0.3 is 0 Å². The second-order valence-corrected chi connectivity index (χ2v) is 9.38. The van der Waals surface area contributed by atoms with Crippen LogP contribution in [0.1, 0.15) is 65.4 Å². The molecule has 0 saturated carbocycles. The van der Waals surface area contributed by atoms with Gasteiger partial charge in [-0.25, -0.2) is 0 Å². The molecule has 1 N–H and O–H groups in total. The first-order valence-corrected chi connectivity index (χ1v) is 12.0. The maximum Gasteiger partial charge on any atom is 0.246 e. The van der Waals surface area contributed by atoms with Gasteiger partial charge in [-0.05, 0) is 56.2 Å². The fourth-order valence-electron chi connectivity index (χ4n) is 4.84. The molecular formula is C25H39N3O3. The fraction of sp³-hybridized carbons (Fsp3) is 0.680. The Morgan fingerprint density at radius 1 is 1.13 bits per heavy atom. The summed E-state index contributed by atoms with van der Waals surface area (Å²) in [5.41, 5.74) is 0.554. The van der Waals surface area contributed by atoms with Crippen LogP contribution in [0.15, 0.2) is 24.3 Å². The second-order valence-electron chi connectivity index (χ2n) is 9.38. The molecular weight excluding hydrogens is 390 g/mol. The highest BCUT2D eigenvalue weighted by molar-refractivity contribution is 6.00. The van der Waals surface area contributed by atoms with Gasteiger partial charge in [-0.2, -0.15) is 0 Å². The topological polar surface area (TPSA) is 61.9 Å². The van der Waals surface area contributed by atoms with E-state index in [1.807, 2.05) is 24.0 Å². The van der Waals surface area contributed by atoms with Crippen molar-refractivity contribution in [3.8, 4) is 5.75 Å². The van der Waals surface area contributed by atoms with E-state index in [1.165, 1.54) is 5.56 Å². The smallest absolute Gasteiger partial charge is 0.246 e. The highest BCUT2D eigenvalue weighted by Gasteiger charge is 2.53. The van der Waals surface area contributed by atoms with Crippen molar-refractivity contribution >= 4 is 11.8 Å². The van der Waals surface area contributed by atoms with Crippen LogP contribution < -0.4 is 10.1 Å². The third kappa shape index (κ3) is 5.40. The number of amides is 2. The highest BCUT2D eigenvalue weighted by Crippen LogP contribution is 2.34. The average Bonchev–Trinajstić information content (AvgIpc) is 2.75. The highest BCUT2D eigenvalue weighted by atomic mass is 16.5. The maximum absolute atomic E-state index is 13.3. The number of nitrogens with zero attached hydrogens (tertiary/aromatic N) is 2. The van der Waals surface area contributed by atoms with Crippen molar-refractivity contribution in [3.05, 3.63) is 29.8 Å². The molecule has 2 aliphatic rings. The van der Waals surface area contributed by atoms with E-state index in [0.29, 0.717) is 38.3 Å². The van der Waals surface area contributed by atoms with Crippen LogP contribution >= 0.6 is 0 Å². The molecule has 6 heteroatoms. The Kier molecular flexibility index (Phi) is 7.98. The van der Waals surface area contributed by atoms with E-state index in [2.05, 4.69) is 43.1 Å². The van der Waals surface area contributed by atoms with Crippen LogP contribution in [0, 0.1) is 5.92 Å². The summed E-state index contributed by atoms with van der Waals surface area (Å²) in [6, 6.07) is 7.86. The molecule has 6 nitrogen and oxygen atoms in total. The molecule has 172 valence electrons. The molecule has 2 amide bonds. The van der Waals surface area contributed by atoms with Gasteiger partial charge in [0.1, 0.15) is 17.3 Å². The second kappa shape index (κ2) is 10.5. The molecule has 2 fully saturated rings. The number of hydrogen-bond donors (Lipinski definition) is 1. The Hall–Kier alpha value is -2.08. The van der Waals surface area contributed by atoms with Crippen molar-refractivity contribution in [1.29, 1.82) is 0 Å². The third-order valence-electron chi connectivity index (χ3n) is 6.57. The molecule has 1 aromatic rings. The summed E-state index contributed by atoms with van der Waals surface area (Å²) in [5, 5.41) is 3.08. The molecule has 2 saturated heterocycles. The molecule has 1 spiro atoms. The summed E-state index contributed by atoms with van der Waals surface area (Å²) in [7, 11) is 0. The zero-order valence-electron chi connectivity index (χ0n) is 19.7. The van der Waals surface area contributed by atoms with Crippen molar-refractivity contribution in [2.75, 3.05) is 26.2 Å². The average molecular weight is 430 g/mol. The normalized spacial score (nSPS) is 21.6. The summed E-state index contributed by atoms with van der Waals surface area (Å²) in [6.07, 6.45) is 4.04. The minimum absolute atomic E-state index is 0.0505. The Balaban J connectivity index is 1.68. The lowest BCUT2D eigenvalue weighted by Gasteiger charge is -2.52. The summed E-state index contributed by atoms with van der Waals surface area (Å²) in [4.78, 5) is 31.0. The van der Waals surface area contributed by atoms with Gasteiger partial charge in [0.05, 0.1) is 6.61 Å². The monoisotopic (exact) mass is 429 g/mol. The molecule has 0 aromatic heterocycles. The zero-order valence-corrected chi connectivity index (χ0v) is 19.7. The van der Waals surface area contributed by atoms with Crippen molar-refractivity contribution in [1.82, 2.24) is 15.1 Å². The minimum atomic E-state index is -0.685. The lowest BCUT2D eigenvalue weighted by Crippen LogP contribution is -2.73. The number of hydrogen-bond acceptors (Lipinski definition) is 4. The lowest BCUT2D eigenvalue weighted by atomic mass is 9.80. The van der Waals surface area contributed by atoms with E-state index in [-0.39, 0.29) is 17.9 Å². The first-order valence-electron chi connectivity index (χ1n) is 12.0. The number of carbonyl (C=O) groups excluding carboxylic acids is 2. The van der Waals surface area contributed by atoms with Crippen LogP contribution in [0.4, 0.5) is 0 Å². The summed E-state index contributed by atoms with van der Waals surface area (Å²) in [6.45, 7) is 12.1. The zero-order chi connectivity index (χ0) is 22.4. The van der Waals surface area contributed by atoms with Gasteiger partial charge in [0.25, 0.3) is 0 Å². The molecule has 2 aliphatic heterocycles. The van der Waals surface area contributed by atoms with Crippen molar-refractivity contribution < 1.29 is 14.3 Å². The van der Waals surface area contributed by atoms with Crippen LogP contribution in [0.3, 0.4) is 0 Å². The lowest BCUT2D eigenvalue weighted by molar-refractivity contribution is -0.161. The quantitative estimate of drug-likeness (QED) is 0.652. The predicted molar refractivity (Wildman–Crippen MR) is 123 cm³/mol. The van der Waals surface area contributed by atoms with Gasteiger partial charge in [0.2, 0.25) is 11.8 Å².